The Morgan fingerprint density at radius 3 is 2.18 bits per heavy atom. The highest BCUT2D eigenvalue weighted by Gasteiger charge is 2.13. The molecule has 0 saturated carbocycles. The van der Waals surface area contributed by atoms with Gasteiger partial charge in [0.15, 0.2) is 0 Å². The first-order valence-electron chi connectivity index (χ1n) is 5.41. The van der Waals surface area contributed by atoms with Crippen molar-refractivity contribution in [2.75, 3.05) is 19.5 Å². The monoisotopic (exact) mass is 300 g/mol. The molecule has 0 aliphatic heterocycles. The van der Waals surface area contributed by atoms with Crippen LogP contribution in [0.5, 0.6) is 11.5 Å². The average Bonchev–Trinajstić information content (AvgIpc) is 2.36. The summed E-state index contributed by atoms with van der Waals surface area (Å²) in [6.07, 6.45) is 0.692. The van der Waals surface area contributed by atoms with E-state index < -0.39 is 0 Å². The Bertz CT molecular complexity index is 368. The topological polar surface area (TPSA) is 35.5 Å². The first-order valence-corrected chi connectivity index (χ1v) is 6.53. The number of carbonyl (C=O) groups is 1. The SMILES string of the molecule is COc1cc(CC(C)C(=O)CBr)cc(OC)c1. The summed E-state index contributed by atoms with van der Waals surface area (Å²) in [7, 11) is 3.23. The smallest absolute Gasteiger partial charge is 0.146 e. The molecule has 1 rings (SSSR count). The van der Waals surface area contributed by atoms with E-state index in [-0.39, 0.29) is 11.7 Å². The zero-order valence-corrected chi connectivity index (χ0v) is 11.9. The van der Waals surface area contributed by atoms with Gasteiger partial charge in [-0.05, 0) is 24.1 Å². The maximum absolute atomic E-state index is 11.5. The van der Waals surface area contributed by atoms with Gasteiger partial charge in [-0.15, -0.1) is 0 Å². The molecule has 0 aliphatic rings. The molecule has 4 heteroatoms. The number of rotatable bonds is 6. The Balaban J connectivity index is 2.86. The van der Waals surface area contributed by atoms with Gasteiger partial charge in [-0.1, -0.05) is 22.9 Å². The second kappa shape index (κ2) is 6.64. The molecule has 1 aromatic rings. The molecule has 0 amide bonds. The lowest BCUT2D eigenvalue weighted by Gasteiger charge is -2.11. The molecule has 3 nitrogen and oxygen atoms in total. The minimum atomic E-state index is -0.00816. The Hall–Kier alpha value is -1.03. The molecule has 0 heterocycles. The van der Waals surface area contributed by atoms with Gasteiger partial charge in [0.05, 0.1) is 19.5 Å². The van der Waals surface area contributed by atoms with E-state index in [0.717, 1.165) is 17.1 Å². The molecule has 0 aromatic heterocycles. The molecule has 1 aromatic carbocycles. The van der Waals surface area contributed by atoms with Gasteiger partial charge in [-0.2, -0.15) is 0 Å². The molecule has 1 unspecified atom stereocenters. The van der Waals surface area contributed by atoms with Crippen LogP contribution in [0.25, 0.3) is 0 Å². The number of Topliss-reactive ketones (excluding diaryl/α,β-unsaturated/α-hetero) is 1. The van der Waals surface area contributed by atoms with E-state index >= 15 is 0 Å². The summed E-state index contributed by atoms with van der Waals surface area (Å²) >= 11 is 3.19. The van der Waals surface area contributed by atoms with Crippen molar-refractivity contribution in [2.45, 2.75) is 13.3 Å². The summed E-state index contributed by atoms with van der Waals surface area (Å²) in [6, 6.07) is 5.68. The van der Waals surface area contributed by atoms with Gasteiger partial charge < -0.3 is 9.47 Å². The largest absolute Gasteiger partial charge is 0.497 e. The van der Waals surface area contributed by atoms with Crippen molar-refractivity contribution in [1.82, 2.24) is 0 Å². The number of ether oxygens (including phenoxy) is 2. The normalized spacial score (nSPS) is 12.0. The molecule has 0 N–H and O–H groups in total. The van der Waals surface area contributed by atoms with Gasteiger partial charge in [-0.25, -0.2) is 0 Å². The first kappa shape index (κ1) is 14.0. The minimum Gasteiger partial charge on any atom is -0.497 e. The van der Waals surface area contributed by atoms with Crippen molar-refractivity contribution in [3.8, 4) is 11.5 Å². The van der Waals surface area contributed by atoms with Crippen molar-refractivity contribution < 1.29 is 14.3 Å². The van der Waals surface area contributed by atoms with Gasteiger partial charge in [-0.3, -0.25) is 4.79 Å². The summed E-state index contributed by atoms with van der Waals surface area (Å²) in [5.74, 6) is 1.69. The predicted molar refractivity (Wildman–Crippen MR) is 71.2 cm³/mol. The predicted octanol–water partition coefficient (Wildman–Crippen LogP) is 2.85. The standard InChI is InChI=1S/C13H17BrO3/c1-9(13(15)8-14)4-10-5-11(16-2)7-12(6-10)17-3/h5-7,9H,4,8H2,1-3H3. The molecule has 0 spiro atoms. The van der Waals surface area contributed by atoms with Crippen LogP contribution in [0.4, 0.5) is 0 Å². The Morgan fingerprint density at radius 2 is 1.76 bits per heavy atom. The molecule has 0 aliphatic carbocycles. The lowest BCUT2D eigenvalue weighted by atomic mass is 9.97. The zero-order chi connectivity index (χ0) is 12.8. The van der Waals surface area contributed by atoms with Crippen molar-refractivity contribution >= 4 is 21.7 Å². The van der Waals surface area contributed by atoms with Crippen molar-refractivity contribution in [1.29, 1.82) is 0 Å². The summed E-state index contributed by atoms with van der Waals surface area (Å²) in [4.78, 5) is 11.5. The molecule has 0 radical (unpaired) electrons. The van der Waals surface area contributed by atoms with E-state index in [0.29, 0.717) is 11.8 Å². The van der Waals surface area contributed by atoms with Crippen LogP contribution in [0.2, 0.25) is 0 Å². The van der Waals surface area contributed by atoms with Crippen LogP contribution >= 0.6 is 15.9 Å². The minimum absolute atomic E-state index is 0.00816. The third kappa shape index (κ3) is 4.04. The molecule has 17 heavy (non-hydrogen) atoms. The summed E-state index contributed by atoms with van der Waals surface area (Å²) in [6.45, 7) is 1.93. The number of halogens is 1. The van der Waals surface area contributed by atoms with Crippen LogP contribution in [0, 0.1) is 5.92 Å². The van der Waals surface area contributed by atoms with E-state index in [4.69, 9.17) is 9.47 Å². The maximum Gasteiger partial charge on any atom is 0.146 e. The highest BCUT2D eigenvalue weighted by atomic mass is 79.9. The highest BCUT2D eigenvalue weighted by Crippen LogP contribution is 2.24. The van der Waals surface area contributed by atoms with Gasteiger partial charge in [0.25, 0.3) is 0 Å². The molecule has 0 saturated heterocycles. The van der Waals surface area contributed by atoms with Crippen molar-refractivity contribution in [2.24, 2.45) is 5.92 Å². The van der Waals surface area contributed by atoms with Crippen LogP contribution in [-0.4, -0.2) is 25.3 Å². The van der Waals surface area contributed by atoms with Crippen LogP contribution in [0.15, 0.2) is 18.2 Å². The van der Waals surface area contributed by atoms with Gasteiger partial charge in [0.1, 0.15) is 17.3 Å². The Kier molecular flexibility index (Phi) is 5.48. The van der Waals surface area contributed by atoms with Crippen LogP contribution < -0.4 is 9.47 Å². The van der Waals surface area contributed by atoms with Gasteiger partial charge in [0.2, 0.25) is 0 Å². The van der Waals surface area contributed by atoms with E-state index in [9.17, 15) is 4.79 Å². The van der Waals surface area contributed by atoms with Crippen LogP contribution in [-0.2, 0) is 11.2 Å². The Labute approximate surface area is 110 Å². The molecule has 1 atom stereocenters. The van der Waals surface area contributed by atoms with Gasteiger partial charge in [0, 0.05) is 12.0 Å². The molecule has 0 bridgehead atoms. The number of ketones is 1. The van der Waals surface area contributed by atoms with Crippen LogP contribution in [0.3, 0.4) is 0 Å². The third-order valence-electron chi connectivity index (χ3n) is 2.63. The summed E-state index contributed by atoms with van der Waals surface area (Å²) < 4.78 is 10.4. The fourth-order valence-electron chi connectivity index (χ4n) is 1.58. The van der Waals surface area contributed by atoms with E-state index in [1.54, 1.807) is 14.2 Å². The number of methoxy groups -OCH3 is 2. The summed E-state index contributed by atoms with van der Waals surface area (Å²) in [5.41, 5.74) is 1.04. The number of benzene rings is 1. The number of hydrogen-bond donors (Lipinski definition) is 0. The molecular formula is C13H17BrO3. The van der Waals surface area contributed by atoms with Crippen molar-refractivity contribution in [3.05, 3.63) is 23.8 Å². The number of hydrogen-bond acceptors (Lipinski definition) is 3. The lowest BCUT2D eigenvalue weighted by Crippen LogP contribution is -2.14. The second-order valence-electron chi connectivity index (χ2n) is 3.93. The van der Waals surface area contributed by atoms with Crippen molar-refractivity contribution in [3.63, 3.8) is 0 Å². The molecule has 0 fully saturated rings. The fraction of sp³-hybridized carbons (Fsp3) is 0.462. The second-order valence-corrected chi connectivity index (χ2v) is 4.49. The average molecular weight is 301 g/mol. The maximum atomic E-state index is 11.5. The zero-order valence-electron chi connectivity index (χ0n) is 10.3. The molecular weight excluding hydrogens is 284 g/mol. The fourth-order valence-corrected chi connectivity index (χ4v) is 2.14. The number of carbonyl (C=O) groups excluding carboxylic acids is 1. The number of alkyl halides is 1. The summed E-state index contributed by atoms with van der Waals surface area (Å²) in [5, 5.41) is 0.398. The van der Waals surface area contributed by atoms with Gasteiger partial charge >= 0.3 is 0 Å². The Morgan fingerprint density at radius 1 is 1.24 bits per heavy atom. The van der Waals surface area contributed by atoms with E-state index in [1.807, 2.05) is 25.1 Å². The van der Waals surface area contributed by atoms with E-state index in [2.05, 4.69) is 15.9 Å². The van der Waals surface area contributed by atoms with Crippen LogP contribution in [0.1, 0.15) is 12.5 Å². The van der Waals surface area contributed by atoms with E-state index in [1.165, 1.54) is 0 Å². The quantitative estimate of drug-likeness (QED) is 0.758. The highest BCUT2D eigenvalue weighted by molar-refractivity contribution is 9.09. The molecule has 94 valence electrons. The third-order valence-corrected chi connectivity index (χ3v) is 3.19. The first-order chi connectivity index (χ1) is 8.10. The lowest BCUT2D eigenvalue weighted by molar-refractivity contribution is -0.119.